The summed E-state index contributed by atoms with van der Waals surface area (Å²) in [5, 5.41) is 6.81. The standard InChI is InChI=1S/C13H20FN3/c1-10-3-2-6-15-12(10)9-17-13-5-4-11(7-14)8-16-13/h4-5,8,10,12,15H,2-3,6-7,9H2,1H3,(H,16,17)/t10-,12-/m1/s1. The second kappa shape index (κ2) is 5.96. The van der Waals surface area contributed by atoms with Crippen molar-refractivity contribution in [1.29, 1.82) is 0 Å². The number of pyridine rings is 1. The fourth-order valence-corrected chi connectivity index (χ4v) is 2.21. The molecule has 1 aliphatic heterocycles. The van der Waals surface area contributed by atoms with Gasteiger partial charge in [0.05, 0.1) is 0 Å². The van der Waals surface area contributed by atoms with Crippen molar-refractivity contribution in [2.24, 2.45) is 5.92 Å². The fraction of sp³-hybridized carbons (Fsp3) is 0.615. The van der Waals surface area contributed by atoms with Gasteiger partial charge in [-0.1, -0.05) is 13.0 Å². The van der Waals surface area contributed by atoms with Gasteiger partial charge in [0, 0.05) is 24.3 Å². The van der Waals surface area contributed by atoms with E-state index in [4.69, 9.17) is 0 Å². The Morgan fingerprint density at radius 1 is 1.53 bits per heavy atom. The van der Waals surface area contributed by atoms with Crippen LogP contribution in [0, 0.1) is 5.92 Å². The van der Waals surface area contributed by atoms with Crippen LogP contribution in [-0.4, -0.2) is 24.1 Å². The molecule has 3 nitrogen and oxygen atoms in total. The van der Waals surface area contributed by atoms with Crippen LogP contribution in [0.4, 0.5) is 10.2 Å². The number of hydrogen-bond donors (Lipinski definition) is 2. The van der Waals surface area contributed by atoms with Gasteiger partial charge in [-0.2, -0.15) is 0 Å². The highest BCUT2D eigenvalue weighted by atomic mass is 19.1. The van der Waals surface area contributed by atoms with Crippen LogP contribution >= 0.6 is 0 Å². The first-order valence-corrected chi connectivity index (χ1v) is 6.27. The summed E-state index contributed by atoms with van der Waals surface area (Å²) in [6.07, 6.45) is 4.13. The summed E-state index contributed by atoms with van der Waals surface area (Å²) in [5.74, 6) is 1.52. The number of piperidine rings is 1. The summed E-state index contributed by atoms with van der Waals surface area (Å²) in [7, 11) is 0. The molecule has 2 N–H and O–H groups in total. The molecule has 0 radical (unpaired) electrons. The first kappa shape index (κ1) is 12.3. The smallest absolute Gasteiger partial charge is 0.125 e. The summed E-state index contributed by atoms with van der Waals surface area (Å²) >= 11 is 0. The molecule has 1 aliphatic rings. The molecular formula is C13H20FN3. The Balaban J connectivity index is 1.84. The highest BCUT2D eigenvalue weighted by Crippen LogP contribution is 2.16. The van der Waals surface area contributed by atoms with Gasteiger partial charge < -0.3 is 10.6 Å². The van der Waals surface area contributed by atoms with Gasteiger partial charge in [0.15, 0.2) is 0 Å². The zero-order valence-corrected chi connectivity index (χ0v) is 10.2. The van der Waals surface area contributed by atoms with Gasteiger partial charge in [-0.15, -0.1) is 0 Å². The summed E-state index contributed by atoms with van der Waals surface area (Å²) in [4.78, 5) is 4.18. The molecule has 4 heteroatoms. The van der Waals surface area contributed by atoms with Gasteiger partial charge in [0.25, 0.3) is 0 Å². The van der Waals surface area contributed by atoms with Crippen LogP contribution in [0.15, 0.2) is 18.3 Å². The molecule has 1 fully saturated rings. The van der Waals surface area contributed by atoms with E-state index >= 15 is 0 Å². The van der Waals surface area contributed by atoms with E-state index in [-0.39, 0.29) is 0 Å². The van der Waals surface area contributed by atoms with Crippen molar-refractivity contribution < 1.29 is 4.39 Å². The van der Waals surface area contributed by atoms with Gasteiger partial charge in [0.2, 0.25) is 0 Å². The first-order chi connectivity index (χ1) is 8.29. The van der Waals surface area contributed by atoms with Crippen LogP contribution in [0.3, 0.4) is 0 Å². The van der Waals surface area contributed by atoms with Gasteiger partial charge in [-0.3, -0.25) is 0 Å². The number of rotatable bonds is 4. The molecule has 0 unspecified atom stereocenters. The zero-order chi connectivity index (χ0) is 12.1. The zero-order valence-electron chi connectivity index (χ0n) is 10.2. The van der Waals surface area contributed by atoms with Gasteiger partial charge >= 0.3 is 0 Å². The van der Waals surface area contributed by atoms with Crippen LogP contribution in [0.25, 0.3) is 0 Å². The molecule has 1 aromatic rings. The molecular weight excluding hydrogens is 217 g/mol. The predicted octanol–water partition coefficient (Wildman–Crippen LogP) is 2.35. The third-order valence-corrected chi connectivity index (χ3v) is 3.41. The average Bonchev–Trinajstić information content (AvgIpc) is 2.38. The Kier molecular flexibility index (Phi) is 4.31. The van der Waals surface area contributed by atoms with E-state index in [0.717, 1.165) is 18.9 Å². The first-order valence-electron chi connectivity index (χ1n) is 6.27. The van der Waals surface area contributed by atoms with E-state index < -0.39 is 6.67 Å². The van der Waals surface area contributed by atoms with Gasteiger partial charge in [-0.25, -0.2) is 9.37 Å². The normalized spacial score (nSPS) is 24.6. The van der Waals surface area contributed by atoms with E-state index in [2.05, 4.69) is 22.5 Å². The third-order valence-electron chi connectivity index (χ3n) is 3.41. The maximum absolute atomic E-state index is 12.3. The molecule has 94 valence electrons. The van der Waals surface area contributed by atoms with Crippen LogP contribution in [0.1, 0.15) is 25.3 Å². The summed E-state index contributed by atoms with van der Waals surface area (Å²) in [6.45, 7) is 3.81. The molecule has 2 atom stereocenters. The lowest BCUT2D eigenvalue weighted by Gasteiger charge is -2.30. The van der Waals surface area contributed by atoms with Crippen LogP contribution in [-0.2, 0) is 6.67 Å². The van der Waals surface area contributed by atoms with E-state index in [0.29, 0.717) is 17.5 Å². The second-order valence-corrected chi connectivity index (χ2v) is 4.75. The molecule has 0 spiro atoms. The molecule has 1 aromatic heterocycles. The minimum Gasteiger partial charge on any atom is -0.369 e. The van der Waals surface area contributed by atoms with E-state index in [1.54, 1.807) is 12.3 Å². The third kappa shape index (κ3) is 3.40. The molecule has 1 saturated heterocycles. The van der Waals surface area contributed by atoms with Crippen molar-refractivity contribution in [2.45, 2.75) is 32.5 Å². The van der Waals surface area contributed by atoms with Crippen molar-refractivity contribution in [1.82, 2.24) is 10.3 Å². The Morgan fingerprint density at radius 2 is 2.41 bits per heavy atom. The van der Waals surface area contributed by atoms with Crippen molar-refractivity contribution in [2.75, 3.05) is 18.4 Å². The van der Waals surface area contributed by atoms with E-state index in [1.165, 1.54) is 12.8 Å². The summed E-state index contributed by atoms with van der Waals surface area (Å²) < 4.78 is 12.3. The lowest BCUT2D eigenvalue weighted by atomic mass is 9.93. The highest BCUT2D eigenvalue weighted by molar-refractivity contribution is 5.35. The number of hydrogen-bond acceptors (Lipinski definition) is 3. The van der Waals surface area contributed by atoms with Gasteiger partial charge in [-0.05, 0) is 31.4 Å². The minimum atomic E-state index is -0.450. The average molecular weight is 237 g/mol. The largest absolute Gasteiger partial charge is 0.369 e. The predicted molar refractivity (Wildman–Crippen MR) is 67.7 cm³/mol. The van der Waals surface area contributed by atoms with Crippen LogP contribution in [0.2, 0.25) is 0 Å². The van der Waals surface area contributed by atoms with Crippen molar-refractivity contribution in [3.63, 3.8) is 0 Å². The fourth-order valence-electron chi connectivity index (χ4n) is 2.21. The van der Waals surface area contributed by atoms with Gasteiger partial charge in [0.1, 0.15) is 12.5 Å². The Hall–Kier alpha value is -1.16. The quantitative estimate of drug-likeness (QED) is 0.844. The Bertz CT molecular complexity index is 339. The van der Waals surface area contributed by atoms with Crippen molar-refractivity contribution in [3.8, 4) is 0 Å². The van der Waals surface area contributed by atoms with E-state index in [9.17, 15) is 4.39 Å². The molecule has 0 saturated carbocycles. The Morgan fingerprint density at radius 3 is 3.06 bits per heavy atom. The molecule has 0 bridgehead atoms. The Labute approximate surface area is 102 Å². The number of alkyl halides is 1. The monoisotopic (exact) mass is 237 g/mol. The number of aromatic nitrogens is 1. The number of nitrogens with zero attached hydrogens (tertiary/aromatic N) is 1. The molecule has 2 rings (SSSR count). The summed E-state index contributed by atoms with van der Waals surface area (Å²) in [6, 6.07) is 4.11. The lowest BCUT2D eigenvalue weighted by Crippen LogP contribution is -2.44. The van der Waals surface area contributed by atoms with Crippen molar-refractivity contribution >= 4 is 5.82 Å². The lowest BCUT2D eigenvalue weighted by molar-refractivity contribution is 0.310. The van der Waals surface area contributed by atoms with Crippen LogP contribution in [0.5, 0.6) is 0 Å². The maximum Gasteiger partial charge on any atom is 0.125 e. The van der Waals surface area contributed by atoms with E-state index in [1.807, 2.05) is 6.07 Å². The molecule has 0 aromatic carbocycles. The maximum atomic E-state index is 12.3. The number of nitrogens with one attached hydrogen (secondary N) is 2. The minimum absolute atomic E-state index is 0.450. The molecule has 17 heavy (non-hydrogen) atoms. The molecule has 2 heterocycles. The SMILES string of the molecule is C[C@@H]1CCCN[C@@H]1CNc1ccc(CF)cn1. The molecule has 0 amide bonds. The van der Waals surface area contributed by atoms with Crippen molar-refractivity contribution in [3.05, 3.63) is 23.9 Å². The van der Waals surface area contributed by atoms with Crippen LogP contribution < -0.4 is 10.6 Å². The number of anilines is 1. The molecule has 0 aliphatic carbocycles. The second-order valence-electron chi connectivity index (χ2n) is 4.75. The summed E-state index contributed by atoms with van der Waals surface area (Å²) in [5.41, 5.74) is 0.625. The number of halogens is 1. The highest BCUT2D eigenvalue weighted by Gasteiger charge is 2.20. The topological polar surface area (TPSA) is 37.0 Å².